The first kappa shape index (κ1) is 35.3. The Morgan fingerprint density at radius 3 is 2.51 bits per heavy atom. The van der Waals surface area contributed by atoms with Crippen molar-refractivity contribution >= 4 is 23.4 Å². The van der Waals surface area contributed by atoms with Crippen LogP contribution in [-0.2, 0) is 34.9 Å². The zero-order valence-corrected chi connectivity index (χ0v) is 28.3. The predicted molar refractivity (Wildman–Crippen MR) is 172 cm³/mol. The minimum atomic E-state index is -2.26. The number of ether oxygens (including phenoxy) is 6. The smallest absolute Gasteiger partial charge is 0.410 e. The number of piperazine rings is 1. The summed E-state index contributed by atoms with van der Waals surface area (Å²) < 4.78 is 34.6. The van der Waals surface area contributed by atoms with Crippen LogP contribution in [0, 0.1) is 0 Å². The standard InChI is InChI=1S/C35H40N2O14/c1-16-33-19(37-8-7-36(14-23(37)51-33)34(44)48-10-9-46-2)11-24(49-16)50-21-13-35(45,22(39)15-38)12-18-26(21)32(43)28-27(30(18)41)29(40)17-5-4-6-20(47-3)25(17)31(28)42/h4-6,16,19,21,23-24,33,38,41,43,45H,7-15H2,1-3H3/t16-,19?,21+,23?,24+,33?,35+/m1/s1. The van der Waals surface area contributed by atoms with Gasteiger partial charge in [-0.2, -0.15) is 0 Å². The highest BCUT2D eigenvalue weighted by atomic mass is 16.7. The van der Waals surface area contributed by atoms with Crippen LogP contribution in [0.25, 0.3) is 0 Å². The second kappa shape index (κ2) is 13.4. The number of amides is 1. The molecule has 7 atom stereocenters. The number of rotatable bonds is 8. The summed E-state index contributed by atoms with van der Waals surface area (Å²) in [6.45, 7) is 2.32. The van der Waals surface area contributed by atoms with E-state index >= 15 is 0 Å². The summed E-state index contributed by atoms with van der Waals surface area (Å²) in [5, 5.41) is 44.8. The number of aromatic hydroxyl groups is 2. The van der Waals surface area contributed by atoms with Gasteiger partial charge in [0.05, 0.1) is 49.2 Å². The lowest BCUT2D eigenvalue weighted by atomic mass is 9.72. The summed E-state index contributed by atoms with van der Waals surface area (Å²) in [6.07, 6.45) is -4.90. The summed E-state index contributed by atoms with van der Waals surface area (Å²) in [6, 6.07) is 4.19. The zero-order valence-electron chi connectivity index (χ0n) is 28.3. The molecule has 3 saturated heterocycles. The van der Waals surface area contributed by atoms with Crippen LogP contribution in [0.4, 0.5) is 4.79 Å². The molecule has 1 amide bonds. The van der Waals surface area contributed by atoms with Gasteiger partial charge >= 0.3 is 6.09 Å². The Morgan fingerprint density at radius 2 is 1.78 bits per heavy atom. The van der Waals surface area contributed by atoms with Gasteiger partial charge in [-0.05, 0) is 13.0 Å². The van der Waals surface area contributed by atoms with E-state index in [1.807, 2.05) is 0 Å². The lowest BCUT2D eigenvalue weighted by Gasteiger charge is -2.43. The third-order valence-corrected chi connectivity index (χ3v) is 10.6. The lowest BCUT2D eigenvalue weighted by molar-refractivity contribution is -0.247. The third kappa shape index (κ3) is 5.74. The van der Waals surface area contributed by atoms with E-state index in [1.165, 1.54) is 32.4 Å². The Balaban J connectivity index is 1.20. The molecule has 0 radical (unpaired) electrons. The van der Waals surface area contributed by atoms with Crippen LogP contribution in [0.1, 0.15) is 68.8 Å². The number of carbonyl (C=O) groups is 4. The Labute approximate surface area is 292 Å². The molecule has 16 nitrogen and oxygen atoms in total. The molecule has 2 aliphatic carbocycles. The van der Waals surface area contributed by atoms with Gasteiger partial charge in [-0.25, -0.2) is 4.79 Å². The van der Waals surface area contributed by atoms with Gasteiger partial charge in [-0.3, -0.25) is 19.3 Å². The molecule has 4 N–H and O–H groups in total. The van der Waals surface area contributed by atoms with Gasteiger partial charge in [0.2, 0.25) is 5.78 Å². The number of carbonyl (C=O) groups excluding carboxylic acids is 4. The molecule has 0 bridgehead atoms. The number of phenolic OH excluding ortho intramolecular Hbond substituents is 2. The molecule has 3 heterocycles. The molecule has 0 aromatic heterocycles. The zero-order chi connectivity index (χ0) is 36.4. The van der Waals surface area contributed by atoms with E-state index in [-0.39, 0.29) is 66.3 Å². The topological polar surface area (TPSA) is 211 Å². The molecule has 0 spiro atoms. The van der Waals surface area contributed by atoms with Crippen LogP contribution in [0.2, 0.25) is 0 Å². The molecule has 2 aromatic rings. The van der Waals surface area contributed by atoms with Crippen molar-refractivity contribution in [1.82, 2.24) is 9.80 Å². The Bertz CT molecular complexity index is 1780. The van der Waals surface area contributed by atoms with Crippen LogP contribution < -0.4 is 4.74 Å². The van der Waals surface area contributed by atoms with Gasteiger partial charge in [0.25, 0.3) is 0 Å². The van der Waals surface area contributed by atoms with E-state index in [0.29, 0.717) is 13.1 Å². The van der Waals surface area contributed by atoms with E-state index in [9.17, 15) is 39.6 Å². The summed E-state index contributed by atoms with van der Waals surface area (Å²) in [5.74, 6) is -3.71. The van der Waals surface area contributed by atoms with Crippen LogP contribution in [-0.4, -0.2) is 144 Å². The molecular weight excluding hydrogens is 672 g/mol. The minimum Gasteiger partial charge on any atom is -0.507 e. The van der Waals surface area contributed by atoms with Crippen LogP contribution in [0.15, 0.2) is 18.2 Å². The van der Waals surface area contributed by atoms with E-state index in [0.717, 1.165) is 0 Å². The SMILES string of the molecule is COCCOC(=O)N1CCN2C(C1)OC1C2C[C@H](O[C@H]2C[C@](O)(C(=O)CO)Cc3c(O)c4c(c(O)c32)C(=O)c2c(OC)cccc2C4=O)O[C@@H]1C. The fourth-order valence-corrected chi connectivity index (χ4v) is 8.12. The normalized spacial score (nSPS) is 29.8. The number of hydrogen-bond acceptors (Lipinski definition) is 15. The maximum atomic E-state index is 13.9. The maximum absolute atomic E-state index is 13.9. The number of Topliss-reactive ketones (excluding diaryl/α,β-unsaturated/α-hetero) is 1. The molecule has 274 valence electrons. The van der Waals surface area contributed by atoms with E-state index in [2.05, 4.69) is 4.90 Å². The predicted octanol–water partition coefficient (Wildman–Crippen LogP) is 0.807. The monoisotopic (exact) mass is 712 g/mol. The Morgan fingerprint density at radius 1 is 1.02 bits per heavy atom. The van der Waals surface area contributed by atoms with Crippen LogP contribution in [0.5, 0.6) is 17.2 Å². The second-order valence-corrected chi connectivity index (χ2v) is 13.4. The number of benzene rings is 2. The molecule has 16 heteroatoms. The quantitative estimate of drug-likeness (QED) is 0.188. The van der Waals surface area contributed by atoms with Gasteiger partial charge in [-0.1, -0.05) is 12.1 Å². The molecule has 3 aliphatic heterocycles. The van der Waals surface area contributed by atoms with Gasteiger partial charge in [0.1, 0.15) is 48.4 Å². The molecule has 3 unspecified atom stereocenters. The first-order valence-electron chi connectivity index (χ1n) is 16.8. The molecule has 51 heavy (non-hydrogen) atoms. The van der Waals surface area contributed by atoms with E-state index in [1.54, 1.807) is 11.8 Å². The number of nitrogens with zero attached hydrogens (tertiary/aromatic N) is 2. The molecule has 2 aromatic carbocycles. The van der Waals surface area contributed by atoms with Gasteiger partial charge in [0, 0.05) is 62.2 Å². The van der Waals surface area contributed by atoms with Crippen molar-refractivity contribution in [3.63, 3.8) is 0 Å². The fraction of sp³-hybridized carbons (Fsp3) is 0.543. The summed E-state index contributed by atoms with van der Waals surface area (Å²) in [5.41, 5.74) is -3.57. The van der Waals surface area contributed by atoms with Crippen molar-refractivity contribution in [3.05, 3.63) is 51.6 Å². The number of fused-ring (bicyclic) bond motifs is 6. The number of aliphatic hydroxyl groups excluding tert-OH is 1. The van der Waals surface area contributed by atoms with Crippen LogP contribution in [0.3, 0.4) is 0 Å². The van der Waals surface area contributed by atoms with Crippen molar-refractivity contribution in [2.75, 3.05) is 53.7 Å². The fourth-order valence-electron chi connectivity index (χ4n) is 8.12. The molecule has 0 saturated carbocycles. The largest absolute Gasteiger partial charge is 0.507 e. The van der Waals surface area contributed by atoms with E-state index in [4.69, 9.17) is 28.4 Å². The highest BCUT2D eigenvalue weighted by Gasteiger charge is 2.54. The average Bonchev–Trinajstić information content (AvgIpc) is 3.49. The minimum absolute atomic E-state index is 0.0492. The Kier molecular flexibility index (Phi) is 9.28. The highest BCUT2D eigenvalue weighted by Crippen LogP contribution is 2.53. The van der Waals surface area contributed by atoms with Crippen molar-refractivity contribution in [2.45, 2.75) is 68.7 Å². The molecule has 3 fully saturated rings. The highest BCUT2D eigenvalue weighted by molar-refractivity contribution is 6.31. The van der Waals surface area contributed by atoms with Crippen LogP contribution >= 0.6 is 0 Å². The number of hydrogen-bond donors (Lipinski definition) is 4. The third-order valence-electron chi connectivity index (χ3n) is 10.6. The Hall–Kier alpha value is -4.16. The van der Waals surface area contributed by atoms with Crippen molar-refractivity contribution in [3.8, 4) is 17.2 Å². The van der Waals surface area contributed by atoms with Crippen molar-refractivity contribution in [1.29, 1.82) is 0 Å². The summed E-state index contributed by atoms with van der Waals surface area (Å²) in [4.78, 5) is 56.9. The van der Waals surface area contributed by atoms with Gasteiger partial charge in [0.15, 0.2) is 17.9 Å². The summed E-state index contributed by atoms with van der Waals surface area (Å²) in [7, 11) is 2.85. The van der Waals surface area contributed by atoms with Gasteiger partial charge < -0.3 is 53.7 Å². The molecule has 5 aliphatic rings. The summed E-state index contributed by atoms with van der Waals surface area (Å²) >= 11 is 0. The lowest BCUT2D eigenvalue weighted by Crippen LogP contribution is -2.57. The second-order valence-electron chi connectivity index (χ2n) is 13.4. The maximum Gasteiger partial charge on any atom is 0.410 e. The molecular formula is C35H40N2O14. The van der Waals surface area contributed by atoms with Crippen molar-refractivity contribution in [2.24, 2.45) is 0 Å². The molecule has 7 rings (SSSR count). The van der Waals surface area contributed by atoms with Gasteiger partial charge in [-0.15, -0.1) is 0 Å². The number of aliphatic hydroxyl groups is 2. The average molecular weight is 713 g/mol. The first-order valence-corrected chi connectivity index (χ1v) is 16.8. The number of methoxy groups -OCH3 is 2. The first-order chi connectivity index (χ1) is 24.4. The number of phenols is 2. The number of ketones is 3. The van der Waals surface area contributed by atoms with Crippen molar-refractivity contribution < 1.29 is 68.0 Å². The van der Waals surface area contributed by atoms with E-state index < -0.39 is 95.8 Å².